The maximum absolute atomic E-state index is 12.1. The molecule has 0 fully saturated rings. The van der Waals surface area contributed by atoms with Gasteiger partial charge < -0.3 is 15.8 Å². The summed E-state index contributed by atoms with van der Waals surface area (Å²) in [4.78, 5) is 16.4. The average molecular weight is 313 g/mol. The molecule has 0 aliphatic heterocycles. The second-order valence-electron chi connectivity index (χ2n) is 4.79. The second-order valence-corrected chi connectivity index (χ2v) is 5.85. The predicted molar refractivity (Wildman–Crippen MR) is 89.4 cm³/mol. The van der Waals surface area contributed by atoms with E-state index in [1.165, 1.54) is 11.3 Å². The van der Waals surface area contributed by atoms with Gasteiger partial charge in [0.2, 0.25) is 5.91 Å². The Morgan fingerprint density at radius 3 is 2.82 bits per heavy atom. The van der Waals surface area contributed by atoms with Crippen molar-refractivity contribution in [2.75, 3.05) is 18.2 Å². The van der Waals surface area contributed by atoms with Gasteiger partial charge in [0, 0.05) is 11.8 Å². The van der Waals surface area contributed by atoms with Gasteiger partial charge in [0.25, 0.3) is 0 Å². The molecule has 3 N–H and O–H groups in total. The lowest BCUT2D eigenvalue weighted by molar-refractivity contribution is -0.115. The van der Waals surface area contributed by atoms with Crippen LogP contribution in [0.2, 0.25) is 0 Å². The number of carbonyl (C=O) groups is 1. The third-order valence-corrected chi connectivity index (χ3v) is 4.02. The monoisotopic (exact) mass is 313 g/mol. The second kappa shape index (κ2) is 6.03. The van der Waals surface area contributed by atoms with Gasteiger partial charge in [-0.05, 0) is 11.6 Å². The van der Waals surface area contributed by atoms with Gasteiger partial charge in [-0.1, -0.05) is 41.7 Å². The lowest BCUT2D eigenvalue weighted by Crippen LogP contribution is -2.14. The van der Waals surface area contributed by atoms with Crippen molar-refractivity contribution in [2.24, 2.45) is 0 Å². The Bertz CT molecular complexity index is 815. The van der Waals surface area contributed by atoms with Gasteiger partial charge in [-0.2, -0.15) is 0 Å². The minimum Gasteiger partial charge on any atom is -0.494 e. The topological polar surface area (TPSA) is 77.2 Å². The van der Waals surface area contributed by atoms with Crippen molar-refractivity contribution in [3.63, 3.8) is 0 Å². The van der Waals surface area contributed by atoms with Crippen LogP contribution in [0.25, 0.3) is 10.2 Å². The molecular formula is C16H15N3O2S. The molecule has 22 heavy (non-hydrogen) atoms. The number of carbonyl (C=O) groups excluding carboxylic acids is 1. The molecule has 112 valence electrons. The highest BCUT2D eigenvalue weighted by molar-refractivity contribution is 7.22. The molecule has 0 saturated heterocycles. The molecule has 0 saturated carbocycles. The van der Waals surface area contributed by atoms with E-state index in [0.717, 1.165) is 10.3 Å². The molecule has 0 atom stereocenters. The van der Waals surface area contributed by atoms with Crippen molar-refractivity contribution < 1.29 is 9.53 Å². The van der Waals surface area contributed by atoms with E-state index in [-0.39, 0.29) is 5.91 Å². The van der Waals surface area contributed by atoms with Gasteiger partial charge in [0.15, 0.2) is 5.13 Å². The van der Waals surface area contributed by atoms with Crippen LogP contribution in [0.15, 0.2) is 42.5 Å². The van der Waals surface area contributed by atoms with Crippen LogP contribution in [0, 0.1) is 0 Å². The van der Waals surface area contributed by atoms with E-state index in [9.17, 15) is 4.79 Å². The molecule has 6 heteroatoms. The van der Waals surface area contributed by atoms with E-state index in [1.54, 1.807) is 13.2 Å². The highest BCUT2D eigenvalue weighted by atomic mass is 32.1. The molecule has 5 nitrogen and oxygen atoms in total. The average Bonchev–Trinajstić information content (AvgIpc) is 2.87. The first kappa shape index (κ1) is 14.3. The van der Waals surface area contributed by atoms with Gasteiger partial charge in [-0.3, -0.25) is 4.79 Å². The normalized spacial score (nSPS) is 10.6. The van der Waals surface area contributed by atoms with Crippen molar-refractivity contribution in [3.05, 3.63) is 48.0 Å². The van der Waals surface area contributed by atoms with Crippen LogP contribution in [0.1, 0.15) is 5.56 Å². The van der Waals surface area contributed by atoms with Crippen LogP contribution in [0.3, 0.4) is 0 Å². The fraction of sp³-hybridized carbons (Fsp3) is 0.125. The number of ether oxygens (including phenoxy) is 1. The Labute approximate surface area is 131 Å². The van der Waals surface area contributed by atoms with E-state index in [2.05, 4.69) is 10.3 Å². The molecule has 0 spiro atoms. The lowest BCUT2D eigenvalue weighted by Gasteiger charge is -2.08. The number of thiazole rings is 1. The first-order valence-electron chi connectivity index (χ1n) is 6.73. The summed E-state index contributed by atoms with van der Waals surface area (Å²) in [5, 5.41) is 3.36. The molecule has 3 rings (SSSR count). The SMILES string of the molecule is COc1cc(NC(=O)Cc2ccccc2)cc2sc(N)nc12. The van der Waals surface area contributed by atoms with Crippen LogP contribution in [-0.4, -0.2) is 18.0 Å². The largest absolute Gasteiger partial charge is 0.494 e. The summed E-state index contributed by atoms with van der Waals surface area (Å²) in [5.41, 5.74) is 8.09. The first-order chi connectivity index (χ1) is 10.7. The smallest absolute Gasteiger partial charge is 0.228 e. The summed E-state index contributed by atoms with van der Waals surface area (Å²) in [7, 11) is 1.57. The molecule has 0 aliphatic rings. The molecule has 0 radical (unpaired) electrons. The quantitative estimate of drug-likeness (QED) is 0.776. The van der Waals surface area contributed by atoms with Crippen LogP contribution in [0.5, 0.6) is 5.75 Å². The molecular weight excluding hydrogens is 298 g/mol. The number of rotatable bonds is 4. The molecule has 0 unspecified atom stereocenters. The number of nitrogens with one attached hydrogen (secondary N) is 1. The number of hydrogen-bond donors (Lipinski definition) is 2. The molecule has 2 aromatic carbocycles. The minimum absolute atomic E-state index is 0.0786. The van der Waals surface area contributed by atoms with E-state index >= 15 is 0 Å². The summed E-state index contributed by atoms with van der Waals surface area (Å²) in [6, 6.07) is 13.2. The third-order valence-electron chi connectivity index (χ3n) is 3.19. The van der Waals surface area contributed by atoms with Crippen molar-refractivity contribution in [2.45, 2.75) is 6.42 Å². The van der Waals surface area contributed by atoms with E-state index in [0.29, 0.717) is 28.5 Å². The number of nitrogen functional groups attached to an aromatic ring is 1. The molecule has 1 amide bonds. The molecule has 1 heterocycles. The number of nitrogens with two attached hydrogens (primary N) is 1. The number of amides is 1. The Morgan fingerprint density at radius 2 is 2.09 bits per heavy atom. The summed E-state index contributed by atoms with van der Waals surface area (Å²) in [6.07, 6.45) is 0.325. The fourth-order valence-electron chi connectivity index (χ4n) is 2.23. The first-order valence-corrected chi connectivity index (χ1v) is 7.55. The summed E-state index contributed by atoms with van der Waals surface area (Å²) in [5.74, 6) is 0.519. The van der Waals surface area contributed by atoms with E-state index in [4.69, 9.17) is 10.5 Å². The Morgan fingerprint density at radius 1 is 1.32 bits per heavy atom. The van der Waals surface area contributed by atoms with Gasteiger partial charge in [0.05, 0.1) is 18.2 Å². The number of methoxy groups -OCH3 is 1. The van der Waals surface area contributed by atoms with Gasteiger partial charge >= 0.3 is 0 Å². The molecule has 3 aromatic rings. The van der Waals surface area contributed by atoms with Crippen LogP contribution in [-0.2, 0) is 11.2 Å². The number of nitrogens with zero attached hydrogens (tertiary/aromatic N) is 1. The summed E-state index contributed by atoms with van der Waals surface area (Å²) in [6.45, 7) is 0. The Kier molecular flexibility index (Phi) is 3.93. The zero-order valence-electron chi connectivity index (χ0n) is 12.0. The zero-order chi connectivity index (χ0) is 15.5. The van der Waals surface area contributed by atoms with E-state index in [1.807, 2.05) is 36.4 Å². The van der Waals surface area contributed by atoms with Gasteiger partial charge in [-0.25, -0.2) is 4.98 Å². The Hall–Kier alpha value is -2.60. The van der Waals surface area contributed by atoms with Crippen molar-refractivity contribution in [3.8, 4) is 5.75 Å². The third kappa shape index (κ3) is 3.01. The van der Waals surface area contributed by atoms with Crippen LogP contribution in [0.4, 0.5) is 10.8 Å². The molecule has 1 aromatic heterocycles. The predicted octanol–water partition coefficient (Wildman–Crippen LogP) is 3.07. The summed E-state index contributed by atoms with van der Waals surface area (Å²) < 4.78 is 6.20. The molecule has 0 bridgehead atoms. The Balaban J connectivity index is 1.82. The number of anilines is 2. The zero-order valence-corrected chi connectivity index (χ0v) is 12.8. The number of hydrogen-bond acceptors (Lipinski definition) is 5. The van der Waals surface area contributed by atoms with Crippen molar-refractivity contribution in [1.82, 2.24) is 4.98 Å². The van der Waals surface area contributed by atoms with Crippen LogP contribution >= 0.6 is 11.3 Å². The number of aromatic nitrogens is 1. The minimum atomic E-state index is -0.0786. The van der Waals surface area contributed by atoms with Crippen molar-refractivity contribution >= 4 is 38.3 Å². The molecule has 0 aliphatic carbocycles. The summed E-state index contributed by atoms with van der Waals surface area (Å²) >= 11 is 1.36. The fourth-order valence-corrected chi connectivity index (χ4v) is 3.02. The van der Waals surface area contributed by atoms with Gasteiger partial charge in [-0.15, -0.1) is 0 Å². The van der Waals surface area contributed by atoms with Crippen molar-refractivity contribution in [1.29, 1.82) is 0 Å². The van der Waals surface area contributed by atoms with E-state index < -0.39 is 0 Å². The van der Waals surface area contributed by atoms with Gasteiger partial charge in [0.1, 0.15) is 11.3 Å². The lowest BCUT2D eigenvalue weighted by atomic mass is 10.1. The van der Waals surface area contributed by atoms with Crippen LogP contribution < -0.4 is 15.8 Å². The highest BCUT2D eigenvalue weighted by Gasteiger charge is 2.11. The standard InChI is InChI=1S/C16H15N3O2S/c1-21-12-8-11(9-13-15(12)19-16(17)22-13)18-14(20)7-10-5-3-2-4-6-10/h2-6,8-9H,7H2,1H3,(H2,17,19)(H,18,20). The number of benzene rings is 2. The highest BCUT2D eigenvalue weighted by Crippen LogP contribution is 2.34. The number of fused-ring (bicyclic) bond motifs is 1. The maximum Gasteiger partial charge on any atom is 0.228 e. The maximum atomic E-state index is 12.1.